The van der Waals surface area contributed by atoms with Crippen LogP contribution in [0.2, 0.25) is 0 Å². The van der Waals surface area contributed by atoms with Crippen molar-refractivity contribution in [2.75, 3.05) is 6.54 Å². The Morgan fingerprint density at radius 1 is 1.38 bits per heavy atom. The number of nitrogens with zero attached hydrogens (tertiary/aromatic N) is 3. The summed E-state index contributed by atoms with van der Waals surface area (Å²) in [6.45, 7) is 2.66. The summed E-state index contributed by atoms with van der Waals surface area (Å²) in [4.78, 5) is 13.6. The average molecular weight is 289 g/mol. The third-order valence-electron chi connectivity index (χ3n) is 3.70. The van der Waals surface area contributed by atoms with Crippen molar-refractivity contribution in [2.45, 2.75) is 32.2 Å². The van der Waals surface area contributed by atoms with Gasteiger partial charge in [0.1, 0.15) is 11.9 Å². The van der Waals surface area contributed by atoms with Crippen LogP contribution in [0.15, 0.2) is 28.7 Å². The van der Waals surface area contributed by atoms with Crippen molar-refractivity contribution in [3.8, 4) is 11.5 Å². The lowest BCUT2D eigenvalue weighted by Gasteiger charge is -2.23. The molecule has 0 spiro atoms. The lowest BCUT2D eigenvalue weighted by molar-refractivity contribution is -0.130. The van der Waals surface area contributed by atoms with E-state index >= 15 is 0 Å². The highest BCUT2D eigenvalue weighted by atomic mass is 19.1. The van der Waals surface area contributed by atoms with E-state index in [9.17, 15) is 9.18 Å². The first-order valence-electron chi connectivity index (χ1n) is 7.08. The van der Waals surface area contributed by atoms with Crippen LogP contribution in [0.3, 0.4) is 0 Å². The first kappa shape index (κ1) is 13.7. The molecule has 2 heterocycles. The third kappa shape index (κ3) is 2.53. The van der Waals surface area contributed by atoms with E-state index in [1.54, 1.807) is 23.1 Å². The predicted molar refractivity (Wildman–Crippen MR) is 73.7 cm³/mol. The highest BCUT2D eigenvalue weighted by molar-refractivity contribution is 5.78. The van der Waals surface area contributed by atoms with Crippen LogP contribution in [-0.4, -0.2) is 27.5 Å². The lowest BCUT2D eigenvalue weighted by atomic mass is 10.2. The van der Waals surface area contributed by atoms with Crippen molar-refractivity contribution >= 4 is 5.91 Å². The first-order chi connectivity index (χ1) is 10.2. The van der Waals surface area contributed by atoms with Gasteiger partial charge in [-0.05, 0) is 25.0 Å². The fourth-order valence-electron chi connectivity index (χ4n) is 2.64. The first-order valence-corrected chi connectivity index (χ1v) is 7.08. The van der Waals surface area contributed by atoms with Crippen LogP contribution < -0.4 is 0 Å². The molecule has 1 atom stereocenters. The highest BCUT2D eigenvalue weighted by Gasteiger charge is 2.31. The maximum absolute atomic E-state index is 13.7. The van der Waals surface area contributed by atoms with Gasteiger partial charge in [0.15, 0.2) is 0 Å². The van der Waals surface area contributed by atoms with Crippen LogP contribution in [0.4, 0.5) is 4.39 Å². The lowest BCUT2D eigenvalue weighted by Crippen LogP contribution is -2.29. The number of halogens is 1. The number of likely N-dealkylation sites (tertiary alicyclic amines) is 1. The zero-order chi connectivity index (χ0) is 14.8. The number of aromatic nitrogens is 2. The molecule has 110 valence electrons. The normalized spacial score (nSPS) is 16.5. The minimum absolute atomic E-state index is 0.104. The number of rotatable bonds is 4. The SMILES string of the molecule is CCC(c1nnc(-c2ccccc2F)o1)N1CCCC1=O. The number of amides is 1. The topological polar surface area (TPSA) is 59.2 Å². The predicted octanol–water partition coefficient (Wildman–Crippen LogP) is 2.95. The number of benzene rings is 1. The molecule has 1 amide bonds. The molecule has 1 saturated heterocycles. The van der Waals surface area contributed by atoms with Crippen LogP contribution >= 0.6 is 0 Å². The van der Waals surface area contributed by atoms with E-state index in [0.717, 1.165) is 6.42 Å². The largest absolute Gasteiger partial charge is 0.418 e. The van der Waals surface area contributed by atoms with E-state index in [1.807, 2.05) is 6.92 Å². The molecule has 1 aromatic heterocycles. The molecular formula is C15H16FN3O2. The summed E-state index contributed by atoms with van der Waals surface area (Å²) in [6.07, 6.45) is 2.10. The summed E-state index contributed by atoms with van der Waals surface area (Å²) in [5.41, 5.74) is 0.277. The van der Waals surface area contributed by atoms with E-state index < -0.39 is 5.82 Å². The standard InChI is InChI=1S/C15H16FN3O2/c1-2-12(19-9-5-8-13(19)20)15-18-17-14(21-15)10-6-3-4-7-11(10)16/h3-4,6-7,12H,2,5,8-9H2,1H3. The summed E-state index contributed by atoms with van der Waals surface area (Å²) in [6, 6.07) is 6.03. The van der Waals surface area contributed by atoms with Gasteiger partial charge in [-0.3, -0.25) is 4.79 Å². The summed E-state index contributed by atoms with van der Waals surface area (Å²) >= 11 is 0. The summed E-state index contributed by atoms with van der Waals surface area (Å²) < 4.78 is 19.3. The number of carbonyl (C=O) groups is 1. The number of hydrogen-bond donors (Lipinski definition) is 0. The van der Waals surface area contributed by atoms with Gasteiger partial charge in [0.05, 0.1) is 5.56 Å². The molecule has 0 radical (unpaired) electrons. The molecule has 1 aromatic carbocycles. The average Bonchev–Trinajstić information content (AvgIpc) is 3.11. The van der Waals surface area contributed by atoms with E-state index in [2.05, 4.69) is 10.2 Å². The molecule has 2 aromatic rings. The zero-order valence-electron chi connectivity index (χ0n) is 11.8. The van der Waals surface area contributed by atoms with Crippen LogP contribution in [-0.2, 0) is 4.79 Å². The Morgan fingerprint density at radius 3 is 2.86 bits per heavy atom. The molecule has 0 saturated carbocycles. The molecule has 6 heteroatoms. The van der Waals surface area contributed by atoms with Gasteiger partial charge in [-0.1, -0.05) is 19.1 Å². The Morgan fingerprint density at radius 2 is 2.19 bits per heavy atom. The van der Waals surface area contributed by atoms with Gasteiger partial charge in [-0.2, -0.15) is 0 Å². The molecule has 21 heavy (non-hydrogen) atoms. The maximum Gasteiger partial charge on any atom is 0.250 e. The Bertz CT molecular complexity index is 656. The van der Waals surface area contributed by atoms with Crippen molar-refractivity contribution < 1.29 is 13.6 Å². The van der Waals surface area contributed by atoms with Crippen molar-refractivity contribution in [1.82, 2.24) is 15.1 Å². The summed E-state index contributed by atoms with van der Waals surface area (Å²) in [7, 11) is 0. The second-order valence-corrected chi connectivity index (χ2v) is 5.04. The van der Waals surface area contributed by atoms with Crippen molar-refractivity contribution in [1.29, 1.82) is 0 Å². The van der Waals surface area contributed by atoms with Gasteiger partial charge in [-0.15, -0.1) is 10.2 Å². The summed E-state index contributed by atoms with van der Waals surface area (Å²) in [5, 5.41) is 7.92. The summed E-state index contributed by atoms with van der Waals surface area (Å²) in [5.74, 6) is 0.213. The number of carbonyl (C=O) groups excluding carboxylic acids is 1. The molecule has 1 fully saturated rings. The van der Waals surface area contributed by atoms with E-state index in [0.29, 0.717) is 25.3 Å². The molecule has 0 N–H and O–H groups in total. The smallest absolute Gasteiger partial charge is 0.250 e. The molecule has 1 unspecified atom stereocenters. The van der Waals surface area contributed by atoms with Crippen molar-refractivity contribution in [3.63, 3.8) is 0 Å². The second-order valence-electron chi connectivity index (χ2n) is 5.04. The minimum atomic E-state index is -0.405. The van der Waals surface area contributed by atoms with Crippen LogP contribution in [0.5, 0.6) is 0 Å². The minimum Gasteiger partial charge on any atom is -0.418 e. The van der Waals surface area contributed by atoms with Gasteiger partial charge < -0.3 is 9.32 Å². The molecule has 1 aliphatic heterocycles. The molecule has 0 bridgehead atoms. The van der Waals surface area contributed by atoms with Gasteiger partial charge >= 0.3 is 0 Å². The second kappa shape index (κ2) is 5.63. The number of hydrogen-bond acceptors (Lipinski definition) is 4. The molecule has 1 aliphatic rings. The Balaban J connectivity index is 1.90. The van der Waals surface area contributed by atoms with Gasteiger partial charge in [0, 0.05) is 13.0 Å². The highest BCUT2D eigenvalue weighted by Crippen LogP contribution is 2.30. The van der Waals surface area contributed by atoms with Crippen LogP contribution in [0.25, 0.3) is 11.5 Å². The Kier molecular flexibility index (Phi) is 3.68. The fraction of sp³-hybridized carbons (Fsp3) is 0.400. The van der Waals surface area contributed by atoms with Crippen molar-refractivity contribution in [3.05, 3.63) is 36.0 Å². The maximum atomic E-state index is 13.7. The molecule has 5 nitrogen and oxygen atoms in total. The monoisotopic (exact) mass is 289 g/mol. The van der Waals surface area contributed by atoms with Gasteiger partial charge in [-0.25, -0.2) is 4.39 Å². The molecule has 0 aliphatic carbocycles. The molecular weight excluding hydrogens is 273 g/mol. The van der Waals surface area contributed by atoms with E-state index in [-0.39, 0.29) is 23.4 Å². The van der Waals surface area contributed by atoms with Gasteiger partial charge in [0.2, 0.25) is 11.8 Å². The van der Waals surface area contributed by atoms with E-state index in [1.165, 1.54) is 6.07 Å². The van der Waals surface area contributed by atoms with Crippen LogP contribution in [0, 0.1) is 5.82 Å². The van der Waals surface area contributed by atoms with Crippen LogP contribution in [0.1, 0.15) is 38.1 Å². The quantitative estimate of drug-likeness (QED) is 0.868. The van der Waals surface area contributed by atoms with Gasteiger partial charge in [0.25, 0.3) is 5.89 Å². The zero-order valence-corrected chi connectivity index (χ0v) is 11.8. The Hall–Kier alpha value is -2.24. The Labute approximate surface area is 121 Å². The molecule has 3 rings (SSSR count). The van der Waals surface area contributed by atoms with Crippen molar-refractivity contribution in [2.24, 2.45) is 0 Å². The third-order valence-corrected chi connectivity index (χ3v) is 3.70. The van der Waals surface area contributed by atoms with E-state index in [4.69, 9.17) is 4.42 Å². The fourth-order valence-corrected chi connectivity index (χ4v) is 2.64.